The number of hydrogen-bond donors (Lipinski definition) is 0. The molecule has 0 bridgehead atoms. The first kappa shape index (κ1) is 35.6. The fraction of sp³-hybridized carbons (Fsp3) is 0.0476. The SMILES string of the molecule is Brc1cc[c-]nc1.Brc1ccc(I)nc1.Cc1ccc(Cl)cn1.Clc1ccc(Br)nc1.[Cl-].[Mg+2]. The van der Waals surface area contributed by atoms with Gasteiger partial charge in [0.2, 0.25) is 0 Å². The maximum atomic E-state index is 5.55. The van der Waals surface area contributed by atoms with Gasteiger partial charge in [0.15, 0.2) is 0 Å². The molecule has 0 saturated heterocycles. The van der Waals surface area contributed by atoms with Crippen LogP contribution in [0.4, 0.5) is 0 Å². The van der Waals surface area contributed by atoms with Crippen LogP contribution in [0.15, 0.2) is 86.9 Å². The normalized spacial score (nSPS) is 8.58. The molecule has 4 nitrogen and oxygen atoms in total. The Balaban J connectivity index is 0. The van der Waals surface area contributed by atoms with Gasteiger partial charge >= 0.3 is 23.1 Å². The molecule has 4 heterocycles. The van der Waals surface area contributed by atoms with Crippen molar-refractivity contribution in [1.82, 2.24) is 19.9 Å². The van der Waals surface area contributed by atoms with E-state index in [4.69, 9.17) is 23.2 Å². The van der Waals surface area contributed by atoms with Crippen LogP contribution in [0.1, 0.15) is 5.69 Å². The third kappa shape index (κ3) is 20.3. The molecular weight excluding hydrogens is 806 g/mol. The molecule has 0 spiro atoms. The van der Waals surface area contributed by atoms with Crippen molar-refractivity contribution < 1.29 is 12.4 Å². The van der Waals surface area contributed by atoms with Gasteiger partial charge in [-0.1, -0.05) is 56.0 Å². The van der Waals surface area contributed by atoms with E-state index in [9.17, 15) is 0 Å². The van der Waals surface area contributed by atoms with Crippen molar-refractivity contribution in [2.24, 2.45) is 0 Å². The van der Waals surface area contributed by atoms with E-state index in [1.54, 1.807) is 43.0 Å². The summed E-state index contributed by atoms with van der Waals surface area (Å²) in [6, 6.07) is 14.8. The minimum Gasteiger partial charge on any atom is -1.00 e. The monoisotopic (exact) mass is 816 g/mol. The van der Waals surface area contributed by atoms with Crippen molar-refractivity contribution in [3.05, 3.63) is 113 Å². The van der Waals surface area contributed by atoms with E-state index in [0.29, 0.717) is 10.0 Å². The van der Waals surface area contributed by atoms with Crippen LogP contribution in [0.25, 0.3) is 0 Å². The molecule has 0 saturated carbocycles. The zero-order chi connectivity index (χ0) is 23.1. The molecule has 0 N–H and O–H groups in total. The van der Waals surface area contributed by atoms with E-state index in [0.717, 1.165) is 22.9 Å². The summed E-state index contributed by atoms with van der Waals surface area (Å²) < 4.78 is 3.84. The largest absolute Gasteiger partial charge is 2.00 e. The number of halogens is 7. The second kappa shape index (κ2) is 21.7. The van der Waals surface area contributed by atoms with Crippen LogP contribution in [0.2, 0.25) is 10.0 Å². The summed E-state index contributed by atoms with van der Waals surface area (Å²) in [5, 5.41) is 1.35. The van der Waals surface area contributed by atoms with Gasteiger partial charge in [0.25, 0.3) is 0 Å². The molecule has 4 rings (SSSR count). The molecule has 0 aliphatic carbocycles. The molecular formula is C21H15Br3Cl3IMgN4. The van der Waals surface area contributed by atoms with E-state index in [1.807, 2.05) is 37.3 Å². The maximum Gasteiger partial charge on any atom is 2.00 e. The maximum absolute atomic E-state index is 5.55. The molecule has 170 valence electrons. The Morgan fingerprint density at radius 2 is 1.36 bits per heavy atom. The fourth-order valence-electron chi connectivity index (χ4n) is 1.47. The first-order valence-electron chi connectivity index (χ1n) is 8.36. The Labute approximate surface area is 265 Å². The predicted molar refractivity (Wildman–Crippen MR) is 152 cm³/mol. The average molecular weight is 821 g/mol. The van der Waals surface area contributed by atoms with Crippen LogP contribution in [0.3, 0.4) is 0 Å². The minimum absolute atomic E-state index is 0. The van der Waals surface area contributed by atoms with Gasteiger partial charge in [0.1, 0.15) is 8.30 Å². The quantitative estimate of drug-likeness (QED) is 0.105. The molecule has 12 heteroatoms. The number of rotatable bonds is 0. The van der Waals surface area contributed by atoms with Crippen LogP contribution >= 0.6 is 93.6 Å². The first-order valence-corrected chi connectivity index (χ1v) is 12.6. The smallest absolute Gasteiger partial charge is 1.00 e. The molecule has 0 aliphatic heterocycles. The summed E-state index contributed by atoms with van der Waals surface area (Å²) in [5.41, 5.74) is 0.995. The minimum atomic E-state index is 0. The summed E-state index contributed by atoms with van der Waals surface area (Å²) in [5.74, 6) is 0. The molecule has 0 radical (unpaired) electrons. The van der Waals surface area contributed by atoms with E-state index >= 15 is 0 Å². The summed E-state index contributed by atoms with van der Waals surface area (Å²) >= 11 is 22.9. The summed E-state index contributed by atoms with van der Waals surface area (Å²) in [6.07, 6.45) is 9.35. The van der Waals surface area contributed by atoms with Gasteiger partial charge in [0, 0.05) is 28.8 Å². The number of nitrogens with zero attached hydrogens (tertiary/aromatic N) is 4. The Hall–Kier alpha value is 0.406. The number of aryl methyl sites for hydroxylation is 1. The van der Waals surface area contributed by atoms with E-state index < -0.39 is 0 Å². The Kier molecular flexibility index (Phi) is 23.4. The number of pyridine rings is 4. The van der Waals surface area contributed by atoms with Gasteiger partial charge in [-0.2, -0.15) is 12.1 Å². The van der Waals surface area contributed by atoms with Gasteiger partial charge in [-0.3, -0.25) is 4.98 Å². The molecule has 4 aromatic rings. The molecule has 33 heavy (non-hydrogen) atoms. The topological polar surface area (TPSA) is 51.6 Å². The Morgan fingerprint density at radius 3 is 1.67 bits per heavy atom. The van der Waals surface area contributed by atoms with Crippen molar-refractivity contribution >= 4 is 117 Å². The molecule has 0 amide bonds. The fourth-order valence-corrected chi connectivity index (χ4v) is 2.71. The summed E-state index contributed by atoms with van der Waals surface area (Å²) in [7, 11) is 0. The molecule has 0 aliphatic rings. The van der Waals surface area contributed by atoms with Crippen molar-refractivity contribution in [3.63, 3.8) is 0 Å². The average Bonchev–Trinajstić information content (AvgIpc) is 2.76. The zero-order valence-corrected chi connectivity index (χ0v) is 27.7. The van der Waals surface area contributed by atoms with Gasteiger partial charge in [-0.25, -0.2) is 9.97 Å². The standard InChI is InChI=1S/C6H6ClN.C5H3BrClN.C5H3BrIN.C5H3BrN.ClH.Mg/c1-5-2-3-6(7)4-8-5;6-5-2-1-4(7)3-8-5;6-4-1-2-5(7)8-3-4;6-5-2-1-3-7-4-5;;/h2-4H,1H3;2*1-3H;1-2,4H;1H;/q;;;-1;;+2/p-1. The second-order valence-electron chi connectivity index (χ2n) is 5.32. The van der Waals surface area contributed by atoms with E-state index in [-0.39, 0.29) is 35.5 Å². The van der Waals surface area contributed by atoms with Crippen LogP contribution in [-0.2, 0) is 0 Å². The number of hydrogen-bond acceptors (Lipinski definition) is 4. The second-order valence-corrected chi connectivity index (χ2v) is 9.94. The predicted octanol–water partition coefficient (Wildman–Crippen LogP) is 5.26. The van der Waals surface area contributed by atoms with E-state index in [1.165, 1.54) is 0 Å². The third-order valence-corrected chi connectivity index (χ3v) is 5.33. The Bertz CT molecular complexity index is 835. The van der Waals surface area contributed by atoms with Crippen LogP contribution in [0.5, 0.6) is 0 Å². The van der Waals surface area contributed by atoms with Crippen molar-refractivity contribution in [3.8, 4) is 0 Å². The van der Waals surface area contributed by atoms with Gasteiger partial charge in [0.05, 0.1) is 10.0 Å². The zero-order valence-electron chi connectivity index (χ0n) is 17.1. The molecule has 0 fully saturated rings. The molecule has 0 atom stereocenters. The van der Waals surface area contributed by atoms with Crippen LogP contribution in [-0.4, -0.2) is 43.0 Å². The third-order valence-electron chi connectivity index (χ3n) is 2.84. The Morgan fingerprint density at radius 1 is 0.758 bits per heavy atom. The van der Waals surface area contributed by atoms with Crippen molar-refractivity contribution in [2.75, 3.05) is 0 Å². The van der Waals surface area contributed by atoms with Gasteiger partial charge in [-0.15, -0.1) is 0 Å². The summed E-state index contributed by atoms with van der Waals surface area (Å²) in [4.78, 5) is 15.5. The molecule has 0 unspecified atom stereocenters. The van der Waals surface area contributed by atoms with Gasteiger partial charge in [-0.05, 0) is 97.8 Å². The van der Waals surface area contributed by atoms with Gasteiger partial charge < -0.3 is 17.4 Å². The molecule has 0 aromatic carbocycles. The van der Waals surface area contributed by atoms with Crippen molar-refractivity contribution in [2.45, 2.75) is 6.92 Å². The molecule has 4 aromatic heterocycles. The number of aromatic nitrogens is 4. The first-order chi connectivity index (χ1) is 14.8. The van der Waals surface area contributed by atoms with Crippen molar-refractivity contribution in [1.29, 1.82) is 0 Å². The summed E-state index contributed by atoms with van der Waals surface area (Å²) in [6.45, 7) is 1.93. The van der Waals surface area contributed by atoms with Crippen LogP contribution in [0, 0.1) is 16.8 Å². The van der Waals surface area contributed by atoms with E-state index in [2.05, 4.69) is 96.5 Å². The van der Waals surface area contributed by atoms with Crippen LogP contribution < -0.4 is 12.4 Å².